The number of carbonyl (C=O) groups excluding carboxylic acids is 1. The maximum atomic E-state index is 13.3. The molecule has 0 aliphatic heterocycles. The van der Waals surface area contributed by atoms with E-state index >= 15 is 0 Å². The number of aromatic carboxylic acids is 1. The Kier molecular flexibility index (Phi) is 11.6. The van der Waals surface area contributed by atoms with Crippen molar-refractivity contribution in [2.75, 3.05) is 23.7 Å². The minimum atomic E-state index is -4.32. The molecule has 0 aliphatic rings. The molecule has 0 aliphatic carbocycles. The van der Waals surface area contributed by atoms with Crippen molar-refractivity contribution in [1.29, 1.82) is 0 Å². The molecule has 39 heavy (non-hydrogen) atoms. The van der Waals surface area contributed by atoms with Crippen LogP contribution in [-0.2, 0) is 0 Å². The van der Waals surface area contributed by atoms with Crippen LogP contribution in [0.2, 0.25) is 0 Å². The number of terminal acetylenes is 1. The second kappa shape index (κ2) is 13.7. The summed E-state index contributed by atoms with van der Waals surface area (Å²) in [5.74, 6) is -1.17. The third-order valence-electron chi connectivity index (χ3n) is 4.67. The SMILES string of the molecule is C#CC(C)(C)NC(=O)c1cc(F)ccc1NCCC(F)(F)F.O=C(O)c1cc(F)ccc1NCCC(F)(F)F. The van der Waals surface area contributed by atoms with Gasteiger partial charge < -0.3 is 21.1 Å². The van der Waals surface area contributed by atoms with E-state index in [-0.39, 0.29) is 16.9 Å². The number of nitrogens with one attached hydrogen (secondary N) is 3. The minimum absolute atomic E-state index is 0.0387. The zero-order valence-electron chi connectivity index (χ0n) is 20.7. The van der Waals surface area contributed by atoms with Gasteiger partial charge in [-0.2, -0.15) is 26.3 Å². The van der Waals surface area contributed by atoms with Crippen LogP contribution in [0.5, 0.6) is 0 Å². The van der Waals surface area contributed by atoms with Crippen LogP contribution in [0.25, 0.3) is 0 Å². The van der Waals surface area contributed by atoms with Crippen LogP contribution in [0.3, 0.4) is 0 Å². The fourth-order valence-corrected chi connectivity index (χ4v) is 2.77. The Morgan fingerprint density at radius 1 is 0.821 bits per heavy atom. The number of hydrogen-bond donors (Lipinski definition) is 4. The first-order valence-corrected chi connectivity index (χ1v) is 11.1. The molecule has 0 heterocycles. The van der Waals surface area contributed by atoms with E-state index in [4.69, 9.17) is 11.5 Å². The second-order valence-corrected chi connectivity index (χ2v) is 8.49. The maximum absolute atomic E-state index is 13.3. The number of alkyl halides is 6. The Balaban J connectivity index is 0.000000403. The van der Waals surface area contributed by atoms with Gasteiger partial charge in [0.2, 0.25) is 0 Å². The summed E-state index contributed by atoms with van der Waals surface area (Å²) < 4.78 is 98.1. The van der Waals surface area contributed by atoms with E-state index in [1.54, 1.807) is 13.8 Å². The standard InChI is InChI=1S/C15H16F4N2O.C10H9F4NO2/c1-4-14(2,3)21-13(22)11-9-10(16)5-6-12(11)20-8-7-15(17,18)19;11-6-1-2-8(7(5-6)9(16)17)15-4-3-10(12,13)14/h1,5-6,9,20H,7-8H2,2-3H3,(H,21,22);1-2,5,15H,3-4H2,(H,16,17). The highest BCUT2D eigenvalue weighted by Gasteiger charge is 2.27. The molecule has 4 N–H and O–H groups in total. The average Bonchev–Trinajstić information content (AvgIpc) is 2.79. The Labute approximate surface area is 218 Å². The first-order chi connectivity index (χ1) is 17.8. The molecule has 2 rings (SSSR count). The van der Waals surface area contributed by atoms with Crippen LogP contribution < -0.4 is 16.0 Å². The largest absolute Gasteiger partial charge is 0.478 e. The van der Waals surface area contributed by atoms with Crippen LogP contribution >= 0.6 is 0 Å². The quantitative estimate of drug-likeness (QED) is 0.214. The smallest absolute Gasteiger partial charge is 0.390 e. The molecule has 0 saturated carbocycles. The molecule has 0 spiro atoms. The summed E-state index contributed by atoms with van der Waals surface area (Å²) in [6.07, 6.45) is -5.55. The third kappa shape index (κ3) is 12.9. The summed E-state index contributed by atoms with van der Waals surface area (Å²) in [7, 11) is 0. The molecule has 0 fully saturated rings. The average molecular weight is 567 g/mol. The predicted octanol–water partition coefficient (Wildman–Crippen LogP) is 6.22. The van der Waals surface area contributed by atoms with Gasteiger partial charge in [0.05, 0.1) is 29.5 Å². The zero-order valence-corrected chi connectivity index (χ0v) is 20.7. The molecule has 0 saturated heterocycles. The molecule has 0 radical (unpaired) electrons. The summed E-state index contributed by atoms with van der Waals surface area (Å²) in [5, 5.41) is 16.0. The highest BCUT2D eigenvalue weighted by atomic mass is 19.4. The van der Waals surface area contributed by atoms with Gasteiger partial charge in [0.25, 0.3) is 5.91 Å². The van der Waals surface area contributed by atoms with Gasteiger partial charge in [-0.25, -0.2) is 13.6 Å². The molecular weight excluding hydrogens is 542 g/mol. The summed E-state index contributed by atoms with van der Waals surface area (Å²) in [5.41, 5.74) is -1.40. The number of hydrogen-bond acceptors (Lipinski definition) is 4. The van der Waals surface area contributed by atoms with Crippen molar-refractivity contribution in [3.05, 3.63) is 59.2 Å². The number of amides is 1. The molecule has 1 amide bonds. The summed E-state index contributed by atoms with van der Waals surface area (Å²) in [6, 6.07) is 6.02. The Bertz CT molecular complexity index is 1190. The van der Waals surface area contributed by atoms with Gasteiger partial charge in [-0.3, -0.25) is 4.79 Å². The Morgan fingerprint density at radius 2 is 1.23 bits per heavy atom. The molecule has 0 bridgehead atoms. The van der Waals surface area contributed by atoms with E-state index in [1.807, 2.05) is 0 Å². The lowest BCUT2D eigenvalue weighted by Gasteiger charge is -2.21. The van der Waals surface area contributed by atoms with E-state index < -0.39 is 72.9 Å². The van der Waals surface area contributed by atoms with Crippen LogP contribution in [0.15, 0.2) is 36.4 Å². The molecule has 14 heteroatoms. The van der Waals surface area contributed by atoms with Gasteiger partial charge in [-0.1, -0.05) is 5.92 Å². The van der Waals surface area contributed by atoms with E-state index in [2.05, 4.69) is 21.9 Å². The van der Waals surface area contributed by atoms with E-state index in [0.717, 1.165) is 30.3 Å². The summed E-state index contributed by atoms with van der Waals surface area (Å²) in [6.45, 7) is 2.26. The lowest BCUT2D eigenvalue weighted by molar-refractivity contribution is -0.132. The number of carboxylic acid groups (broad SMARTS) is 1. The molecule has 214 valence electrons. The number of carbonyl (C=O) groups is 2. The molecular formula is C25H25F8N3O3. The summed E-state index contributed by atoms with van der Waals surface area (Å²) in [4.78, 5) is 22.8. The van der Waals surface area contributed by atoms with Gasteiger partial charge in [0.15, 0.2) is 0 Å². The van der Waals surface area contributed by atoms with Crippen LogP contribution in [0.1, 0.15) is 47.4 Å². The topological polar surface area (TPSA) is 90.5 Å². The molecule has 0 unspecified atom stereocenters. The number of anilines is 2. The van der Waals surface area contributed by atoms with Gasteiger partial charge in [-0.15, -0.1) is 6.42 Å². The first-order valence-electron chi connectivity index (χ1n) is 11.1. The highest BCUT2D eigenvalue weighted by Crippen LogP contribution is 2.23. The fraction of sp³-hybridized carbons (Fsp3) is 0.360. The van der Waals surface area contributed by atoms with Crippen molar-refractivity contribution in [1.82, 2.24) is 5.32 Å². The number of halogens is 8. The highest BCUT2D eigenvalue weighted by molar-refractivity contribution is 6.00. The molecule has 0 aromatic heterocycles. The molecule has 6 nitrogen and oxygen atoms in total. The van der Waals surface area contributed by atoms with Crippen molar-refractivity contribution >= 4 is 23.3 Å². The first kappa shape index (κ1) is 33.0. The molecule has 2 aromatic carbocycles. The van der Waals surface area contributed by atoms with Crippen LogP contribution in [-0.4, -0.2) is 48.0 Å². The Hall–Kier alpha value is -4.02. The van der Waals surface area contributed by atoms with Crippen molar-refractivity contribution in [2.24, 2.45) is 0 Å². The number of rotatable bonds is 9. The van der Waals surface area contributed by atoms with E-state index in [1.165, 1.54) is 6.07 Å². The van der Waals surface area contributed by atoms with Gasteiger partial charge in [0.1, 0.15) is 11.6 Å². The van der Waals surface area contributed by atoms with Crippen LogP contribution in [0, 0.1) is 24.0 Å². The minimum Gasteiger partial charge on any atom is -0.478 e. The lowest BCUT2D eigenvalue weighted by atomic mass is 10.1. The monoisotopic (exact) mass is 567 g/mol. The van der Waals surface area contributed by atoms with Gasteiger partial charge in [-0.05, 0) is 50.2 Å². The van der Waals surface area contributed by atoms with Crippen molar-refractivity contribution < 1.29 is 49.8 Å². The Morgan fingerprint density at radius 3 is 1.62 bits per heavy atom. The zero-order chi connectivity index (χ0) is 30.0. The predicted molar refractivity (Wildman–Crippen MR) is 128 cm³/mol. The van der Waals surface area contributed by atoms with Gasteiger partial charge >= 0.3 is 18.3 Å². The second-order valence-electron chi connectivity index (χ2n) is 8.49. The van der Waals surface area contributed by atoms with Crippen molar-refractivity contribution in [3.8, 4) is 12.3 Å². The van der Waals surface area contributed by atoms with Gasteiger partial charge in [0, 0.05) is 24.5 Å². The van der Waals surface area contributed by atoms with Crippen molar-refractivity contribution in [2.45, 2.75) is 44.6 Å². The molecule has 0 atom stereocenters. The van der Waals surface area contributed by atoms with Crippen molar-refractivity contribution in [3.63, 3.8) is 0 Å². The van der Waals surface area contributed by atoms with E-state index in [9.17, 15) is 44.7 Å². The molecule has 2 aromatic rings. The third-order valence-corrected chi connectivity index (χ3v) is 4.67. The van der Waals surface area contributed by atoms with E-state index in [0.29, 0.717) is 0 Å². The number of benzene rings is 2. The normalized spacial score (nSPS) is 11.5. The summed E-state index contributed by atoms with van der Waals surface area (Å²) >= 11 is 0. The lowest BCUT2D eigenvalue weighted by Crippen LogP contribution is -2.42. The van der Waals surface area contributed by atoms with Crippen LogP contribution in [0.4, 0.5) is 46.5 Å². The fourth-order valence-electron chi connectivity index (χ4n) is 2.77. The maximum Gasteiger partial charge on any atom is 0.390 e. The number of carboxylic acids is 1.